The molecule has 0 aromatic heterocycles. The third-order valence-corrected chi connectivity index (χ3v) is 5.92. The van der Waals surface area contributed by atoms with Gasteiger partial charge < -0.3 is 15.0 Å². The van der Waals surface area contributed by atoms with Gasteiger partial charge in [-0.1, -0.05) is 12.1 Å². The molecular weight excluding hydrogens is 364 g/mol. The van der Waals surface area contributed by atoms with Crippen LogP contribution < -0.4 is 10.1 Å². The first-order valence-corrected chi connectivity index (χ1v) is 11.2. The summed E-state index contributed by atoms with van der Waals surface area (Å²) in [6, 6.07) is 8.85. The summed E-state index contributed by atoms with van der Waals surface area (Å²) in [5.74, 6) is 1.03. The number of hydrogen-bond acceptors (Lipinski definition) is 5. The number of nitrogens with one attached hydrogen (secondary N) is 1. The van der Waals surface area contributed by atoms with Gasteiger partial charge in [-0.25, -0.2) is 0 Å². The molecule has 0 radical (unpaired) electrons. The van der Waals surface area contributed by atoms with E-state index in [0.29, 0.717) is 19.1 Å². The van der Waals surface area contributed by atoms with Crippen molar-refractivity contribution in [1.82, 2.24) is 20.0 Å². The number of piperidine rings is 1. The zero-order chi connectivity index (χ0) is 20.6. The Hall–Kier alpha value is -1.63. The van der Waals surface area contributed by atoms with Crippen molar-refractivity contribution in [3.8, 4) is 5.75 Å². The van der Waals surface area contributed by atoms with Gasteiger partial charge in [0, 0.05) is 45.3 Å². The van der Waals surface area contributed by atoms with Gasteiger partial charge in [-0.2, -0.15) is 0 Å². The van der Waals surface area contributed by atoms with Crippen LogP contribution in [0, 0.1) is 0 Å². The second-order valence-electron chi connectivity index (χ2n) is 8.78. The maximum absolute atomic E-state index is 12.3. The van der Waals surface area contributed by atoms with Crippen LogP contribution in [0.25, 0.3) is 0 Å². The van der Waals surface area contributed by atoms with E-state index < -0.39 is 0 Å². The van der Waals surface area contributed by atoms with Crippen LogP contribution in [0.2, 0.25) is 0 Å². The third-order valence-electron chi connectivity index (χ3n) is 5.92. The van der Waals surface area contributed by atoms with Gasteiger partial charge in [-0.05, 0) is 64.4 Å². The van der Waals surface area contributed by atoms with E-state index in [9.17, 15) is 4.79 Å². The van der Waals surface area contributed by atoms with Crippen LogP contribution in [0.4, 0.5) is 0 Å². The van der Waals surface area contributed by atoms with Crippen LogP contribution in [0.5, 0.6) is 5.75 Å². The van der Waals surface area contributed by atoms with E-state index in [4.69, 9.17) is 4.74 Å². The largest absolute Gasteiger partial charge is 0.491 e. The topological polar surface area (TPSA) is 48.1 Å². The van der Waals surface area contributed by atoms with Crippen LogP contribution >= 0.6 is 0 Å². The summed E-state index contributed by atoms with van der Waals surface area (Å²) in [4.78, 5) is 19.7. The second kappa shape index (κ2) is 11.0. The molecule has 1 amide bonds. The van der Waals surface area contributed by atoms with Gasteiger partial charge in [0.05, 0.1) is 12.6 Å². The van der Waals surface area contributed by atoms with Crippen LogP contribution in [0.15, 0.2) is 24.3 Å². The lowest BCUT2D eigenvalue weighted by molar-refractivity contribution is -0.122. The Morgan fingerprint density at radius 3 is 2.52 bits per heavy atom. The average molecular weight is 403 g/mol. The van der Waals surface area contributed by atoms with Crippen molar-refractivity contribution < 1.29 is 9.53 Å². The Labute approximate surface area is 176 Å². The van der Waals surface area contributed by atoms with Crippen molar-refractivity contribution in [3.63, 3.8) is 0 Å². The normalized spacial score (nSPS) is 22.0. The number of piperazine rings is 1. The molecule has 2 aliphatic heterocycles. The molecule has 2 heterocycles. The van der Waals surface area contributed by atoms with Crippen molar-refractivity contribution in [3.05, 3.63) is 29.8 Å². The quantitative estimate of drug-likeness (QED) is 0.719. The number of hydrogen-bond donors (Lipinski definition) is 1. The lowest BCUT2D eigenvalue weighted by atomic mass is 10.0. The molecule has 29 heavy (non-hydrogen) atoms. The predicted molar refractivity (Wildman–Crippen MR) is 117 cm³/mol. The van der Waals surface area contributed by atoms with E-state index in [0.717, 1.165) is 38.3 Å². The molecule has 1 aromatic rings. The Kier molecular flexibility index (Phi) is 8.33. The summed E-state index contributed by atoms with van der Waals surface area (Å²) in [6.07, 6.45) is 3.65. The fraction of sp³-hybridized carbons (Fsp3) is 0.696. The summed E-state index contributed by atoms with van der Waals surface area (Å²) < 4.78 is 5.67. The maximum Gasteiger partial charge on any atom is 0.234 e. The van der Waals surface area contributed by atoms with Gasteiger partial charge >= 0.3 is 0 Å². The average Bonchev–Trinajstić information content (AvgIpc) is 2.69. The highest BCUT2D eigenvalue weighted by atomic mass is 16.5. The minimum atomic E-state index is 0.135. The summed E-state index contributed by atoms with van der Waals surface area (Å²) in [5, 5.41) is 3.07. The standard InChI is InChI=1S/C23H38N4O2/c1-19(2)29-22-8-6-20(7-9-22)10-11-24-23(28)18-26-13-15-27(16-14-26)21-5-4-12-25(3)17-21/h6-9,19,21H,4-5,10-18H2,1-3H3,(H,24,28). The van der Waals surface area contributed by atoms with E-state index in [1.807, 2.05) is 26.0 Å². The van der Waals surface area contributed by atoms with Crippen molar-refractivity contribution in [1.29, 1.82) is 0 Å². The van der Waals surface area contributed by atoms with Crippen molar-refractivity contribution >= 4 is 5.91 Å². The highest BCUT2D eigenvalue weighted by molar-refractivity contribution is 5.78. The zero-order valence-electron chi connectivity index (χ0n) is 18.4. The highest BCUT2D eigenvalue weighted by Crippen LogP contribution is 2.17. The molecule has 1 atom stereocenters. The molecule has 2 aliphatic rings. The molecule has 1 unspecified atom stereocenters. The predicted octanol–water partition coefficient (Wildman–Crippen LogP) is 1.84. The van der Waals surface area contributed by atoms with Crippen molar-refractivity contribution in [2.24, 2.45) is 0 Å². The number of rotatable bonds is 8. The smallest absolute Gasteiger partial charge is 0.234 e. The number of amides is 1. The Balaban J connectivity index is 1.31. The van der Waals surface area contributed by atoms with Crippen LogP contribution in [-0.2, 0) is 11.2 Å². The number of benzene rings is 1. The molecule has 1 N–H and O–H groups in total. The van der Waals surface area contributed by atoms with Crippen LogP contribution in [0.3, 0.4) is 0 Å². The maximum atomic E-state index is 12.3. The van der Waals surface area contributed by atoms with E-state index in [-0.39, 0.29) is 12.0 Å². The van der Waals surface area contributed by atoms with E-state index >= 15 is 0 Å². The Morgan fingerprint density at radius 2 is 1.86 bits per heavy atom. The fourth-order valence-electron chi connectivity index (χ4n) is 4.34. The zero-order valence-corrected chi connectivity index (χ0v) is 18.4. The number of likely N-dealkylation sites (N-methyl/N-ethyl adjacent to an activating group) is 1. The summed E-state index contributed by atoms with van der Waals surface area (Å²) in [7, 11) is 2.22. The molecule has 0 spiro atoms. The number of ether oxygens (including phenoxy) is 1. The summed E-state index contributed by atoms with van der Waals surface area (Å²) >= 11 is 0. The molecule has 162 valence electrons. The van der Waals surface area contributed by atoms with Gasteiger partial charge in [0.25, 0.3) is 0 Å². The van der Waals surface area contributed by atoms with Crippen molar-refractivity contribution in [2.75, 3.05) is 59.4 Å². The monoisotopic (exact) mass is 402 g/mol. The van der Waals surface area contributed by atoms with E-state index in [2.05, 4.69) is 39.2 Å². The second-order valence-corrected chi connectivity index (χ2v) is 8.78. The van der Waals surface area contributed by atoms with Gasteiger partial charge in [0.15, 0.2) is 0 Å². The number of carbonyl (C=O) groups excluding carboxylic acids is 1. The molecule has 2 saturated heterocycles. The number of likely N-dealkylation sites (tertiary alicyclic amines) is 1. The Morgan fingerprint density at radius 1 is 1.14 bits per heavy atom. The molecule has 3 rings (SSSR count). The van der Waals surface area contributed by atoms with Crippen molar-refractivity contribution in [2.45, 2.75) is 45.3 Å². The SMILES string of the molecule is CC(C)Oc1ccc(CCNC(=O)CN2CCN(C3CCCN(C)C3)CC2)cc1. The summed E-state index contributed by atoms with van der Waals surface area (Å²) in [5.41, 5.74) is 1.22. The van der Waals surface area contributed by atoms with E-state index in [1.165, 1.54) is 31.5 Å². The molecule has 0 saturated carbocycles. The molecule has 0 bridgehead atoms. The molecule has 2 fully saturated rings. The lowest BCUT2D eigenvalue weighted by Crippen LogP contribution is -2.55. The summed E-state index contributed by atoms with van der Waals surface area (Å²) in [6.45, 7) is 11.8. The van der Waals surface area contributed by atoms with Gasteiger partial charge in [0.2, 0.25) is 5.91 Å². The van der Waals surface area contributed by atoms with Crippen LogP contribution in [-0.4, -0.2) is 92.2 Å². The lowest BCUT2D eigenvalue weighted by Gasteiger charge is -2.42. The van der Waals surface area contributed by atoms with Gasteiger partial charge in [-0.15, -0.1) is 0 Å². The van der Waals surface area contributed by atoms with Gasteiger partial charge in [0.1, 0.15) is 5.75 Å². The minimum Gasteiger partial charge on any atom is -0.491 e. The first-order chi connectivity index (χ1) is 14.0. The molecule has 0 aliphatic carbocycles. The van der Waals surface area contributed by atoms with Crippen LogP contribution in [0.1, 0.15) is 32.3 Å². The molecule has 6 heteroatoms. The first kappa shape index (κ1) is 22.1. The van der Waals surface area contributed by atoms with Gasteiger partial charge in [-0.3, -0.25) is 14.6 Å². The fourth-order valence-corrected chi connectivity index (χ4v) is 4.34. The first-order valence-electron chi connectivity index (χ1n) is 11.2. The minimum absolute atomic E-state index is 0.135. The Bertz CT molecular complexity index is 626. The highest BCUT2D eigenvalue weighted by Gasteiger charge is 2.27. The third kappa shape index (κ3) is 7.28. The van der Waals surface area contributed by atoms with E-state index in [1.54, 1.807) is 0 Å². The number of carbonyl (C=O) groups is 1. The molecule has 6 nitrogen and oxygen atoms in total. The number of nitrogens with zero attached hydrogens (tertiary/aromatic N) is 3. The molecular formula is C23H38N4O2. The molecule has 1 aromatic carbocycles.